The first kappa shape index (κ1) is 9.73. The third-order valence-electron chi connectivity index (χ3n) is 1.94. The molecule has 0 aromatic carbocycles. The summed E-state index contributed by atoms with van der Waals surface area (Å²) in [5.74, 6) is -1.38. The van der Waals surface area contributed by atoms with Crippen LogP contribution in [0.5, 0.6) is 0 Å². The first-order valence-electron chi connectivity index (χ1n) is 3.74. The van der Waals surface area contributed by atoms with Gasteiger partial charge in [-0.05, 0) is 6.92 Å². The minimum absolute atomic E-state index is 0.0850. The van der Waals surface area contributed by atoms with Crippen molar-refractivity contribution < 1.29 is 19.7 Å². The van der Waals surface area contributed by atoms with E-state index in [0.29, 0.717) is 0 Å². The zero-order valence-electron chi connectivity index (χ0n) is 7.44. The highest BCUT2D eigenvalue weighted by atomic mass is 16.5. The zero-order chi connectivity index (χ0) is 10.1. The van der Waals surface area contributed by atoms with Crippen LogP contribution in [0.1, 0.15) is 13.3 Å². The first-order valence-corrected chi connectivity index (χ1v) is 3.74. The average Bonchev–Trinajstić information content (AvgIpc) is 2.03. The second kappa shape index (κ2) is 3.18. The van der Waals surface area contributed by atoms with Gasteiger partial charge in [-0.25, -0.2) is 4.79 Å². The maximum absolute atomic E-state index is 10.5. The van der Waals surface area contributed by atoms with Crippen molar-refractivity contribution in [3.05, 3.63) is 11.3 Å². The predicted molar refractivity (Wildman–Crippen MR) is 45.8 cm³/mol. The number of aliphatic hydroxyl groups is 1. The Labute approximate surface area is 75.4 Å². The second-order valence-electron chi connectivity index (χ2n) is 2.98. The molecular weight excluding hydrogens is 174 g/mol. The number of aliphatic carboxylic acids is 1. The molecular formula is C8H11NO4. The molecule has 0 fully saturated rings. The van der Waals surface area contributed by atoms with Crippen molar-refractivity contribution in [1.29, 1.82) is 0 Å². The van der Waals surface area contributed by atoms with E-state index in [4.69, 9.17) is 9.84 Å². The normalized spacial score (nSPS) is 27.8. The number of aliphatic hydroxyl groups excluding tert-OH is 1. The topological polar surface area (TPSA) is 79.1 Å². The Balaban J connectivity index is 2.93. The lowest BCUT2D eigenvalue weighted by Crippen LogP contribution is -2.30. The molecule has 0 aromatic rings. The number of carbonyl (C=O) groups is 1. The van der Waals surface area contributed by atoms with Gasteiger partial charge < -0.3 is 14.9 Å². The monoisotopic (exact) mass is 185 g/mol. The molecule has 0 saturated heterocycles. The van der Waals surface area contributed by atoms with Crippen LogP contribution in [0.25, 0.3) is 0 Å². The van der Waals surface area contributed by atoms with Gasteiger partial charge in [-0.1, -0.05) is 0 Å². The van der Waals surface area contributed by atoms with E-state index in [1.807, 2.05) is 0 Å². The molecule has 72 valence electrons. The fraction of sp³-hybridized carbons (Fsp3) is 0.500. The number of carboxylic acids is 1. The van der Waals surface area contributed by atoms with Crippen LogP contribution < -0.4 is 0 Å². The number of nitrogens with zero attached hydrogens (tertiary/aromatic N) is 1. The molecule has 1 heterocycles. The highest BCUT2D eigenvalue weighted by Crippen LogP contribution is 2.25. The SMILES string of the molecule is COC1(C)CC(O)=C(C(=O)O)C=N1. The van der Waals surface area contributed by atoms with Gasteiger partial charge in [-0.3, -0.25) is 4.99 Å². The molecule has 0 amide bonds. The van der Waals surface area contributed by atoms with E-state index in [0.717, 1.165) is 6.21 Å². The molecule has 0 aromatic heterocycles. The number of rotatable bonds is 2. The molecule has 1 unspecified atom stereocenters. The van der Waals surface area contributed by atoms with Crippen LogP contribution in [0.4, 0.5) is 0 Å². The maximum atomic E-state index is 10.5. The molecule has 0 saturated carbocycles. The number of hydrogen-bond acceptors (Lipinski definition) is 4. The van der Waals surface area contributed by atoms with Crippen LogP contribution in [0.3, 0.4) is 0 Å². The van der Waals surface area contributed by atoms with Crippen LogP contribution in [0, 0.1) is 0 Å². The largest absolute Gasteiger partial charge is 0.511 e. The van der Waals surface area contributed by atoms with Gasteiger partial charge in [-0.15, -0.1) is 0 Å². The first-order chi connectivity index (χ1) is 5.98. The lowest BCUT2D eigenvalue weighted by molar-refractivity contribution is -0.132. The number of ether oxygens (including phenoxy) is 1. The summed E-state index contributed by atoms with van der Waals surface area (Å²) in [4.78, 5) is 14.4. The van der Waals surface area contributed by atoms with Gasteiger partial charge in [0.2, 0.25) is 0 Å². The molecule has 1 rings (SSSR count). The van der Waals surface area contributed by atoms with Crippen LogP contribution in [0.15, 0.2) is 16.3 Å². The molecule has 0 aliphatic carbocycles. The van der Waals surface area contributed by atoms with Gasteiger partial charge >= 0.3 is 5.97 Å². The standard InChI is InChI=1S/C8H11NO4/c1-8(13-2)3-6(10)5(4-9-8)7(11)12/h4,10H,3H2,1-2H3,(H,11,12). The van der Waals surface area contributed by atoms with Gasteiger partial charge in [0.15, 0.2) is 5.72 Å². The van der Waals surface area contributed by atoms with Gasteiger partial charge in [0.25, 0.3) is 0 Å². The fourth-order valence-corrected chi connectivity index (χ4v) is 1.03. The summed E-state index contributed by atoms with van der Waals surface area (Å²) >= 11 is 0. The van der Waals surface area contributed by atoms with E-state index in [9.17, 15) is 9.90 Å². The molecule has 5 nitrogen and oxygen atoms in total. The summed E-state index contributed by atoms with van der Waals surface area (Å²) in [6, 6.07) is 0. The Morgan fingerprint density at radius 2 is 2.38 bits per heavy atom. The lowest BCUT2D eigenvalue weighted by Gasteiger charge is -2.26. The summed E-state index contributed by atoms with van der Waals surface area (Å²) in [6.07, 6.45) is 1.20. The molecule has 5 heteroatoms. The van der Waals surface area contributed by atoms with Crippen molar-refractivity contribution >= 4 is 12.2 Å². The van der Waals surface area contributed by atoms with Crippen molar-refractivity contribution in [3.63, 3.8) is 0 Å². The van der Waals surface area contributed by atoms with Crippen LogP contribution in [-0.4, -0.2) is 35.2 Å². The van der Waals surface area contributed by atoms with E-state index >= 15 is 0 Å². The number of dihydropyridines is 1. The summed E-state index contributed by atoms with van der Waals surface area (Å²) < 4.78 is 4.99. The van der Waals surface area contributed by atoms with E-state index < -0.39 is 11.7 Å². The summed E-state index contributed by atoms with van der Waals surface area (Å²) in [5, 5.41) is 17.9. The van der Waals surface area contributed by atoms with E-state index in [1.165, 1.54) is 7.11 Å². The number of hydrogen-bond donors (Lipinski definition) is 2. The molecule has 2 N–H and O–H groups in total. The van der Waals surface area contributed by atoms with Crippen molar-refractivity contribution in [2.45, 2.75) is 19.1 Å². The smallest absolute Gasteiger partial charge is 0.340 e. The Morgan fingerprint density at radius 3 is 2.77 bits per heavy atom. The van der Waals surface area contributed by atoms with E-state index in [-0.39, 0.29) is 17.8 Å². The van der Waals surface area contributed by atoms with Gasteiger partial charge in [0.05, 0.1) is 6.42 Å². The van der Waals surface area contributed by atoms with Crippen molar-refractivity contribution in [3.8, 4) is 0 Å². The quantitative estimate of drug-likeness (QED) is 0.664. The summed E-state index contributed by atoms with van der Waals surface area (Å²) in [6.45, 7) is 1.67. The van der Waals surface area contributed by atoms with Crippen molar-refractivity contribution in [2.75, 3.05) is 7.11 Å². The third-order valence-corrected chi connectivity index (χ3v) is 1.94. The summed E-state index contributed by atoms with van der Waals surface area (Å²) in [5.41, 5.74) is -1.02. The lowest BCUT2D eigenvalue weighted by atomic mass is 10.0. The molecule has 13 heavy (non-hydrogen) atoms. The van der Waals surface area contributed by atoms with Crippen LogP contribution in [-0.2, 0) is 9.53 Å². The van der Waals surface area contributed by atoms with Crippen molar-refractivity contribution in [1.82, 2.24) is 0 Å². The second-order valence-corrected chi connectivity index (χ2v) is 2.98. The Hall–Kier alpha value is -1.36. The van der Waals surface area contributed by atoms with Crippen molar-refractivity contribution in [2.24, 2.45) is 4.99 Å². The molecule has 1 atom stereocenters. The van der Waals surface area contributed by atoms with E-state index in [2.05, 4.69) is 4.99 Å². The Morgan fingerprint density at radius 1 is 1.77 bits per heavy atom. The Kier molecular flexibility index (Phi) is 2.38. The maximum Gasteiger partial charge on any atom is 0.340 e. The molecule has 0 spiro atoms. The van der Waals surface area contributed by atoms with Gasteiger partial charge in [-0.2, -0.15) is 0 Å². The van der Waals surface area contributed by atoms with Gasteiger partial charge in [0.1, 0.15) is 11.3 Å². The molecule has 1 aliphatic rings. The summed E-state index contributed by atoms with van der Waals surface area (Å²) in [7, 11) is 1.45. The number of aliphatic imine (C=N–C) groups is 1. The Bertz CT molecular complexity index is 295. The van der Waals surface area contributed by atoms with Gasteiger partial charge in [0, 0.05) is 13.3 Å². The molecule has 0 bridgehead atoms. The number of methoxy groups -OCH3 is 1. The zero-order valence-corrected chi connectivity index (χ0v) is 7.44. The highest BCUT2D eigenvalue weighted by molar-refractivity contribution is 6.09. The predicted octanol–water partition coefficient (Wildman–Crippen LogP) is 0.720. The van der Waals surface area contributed by atoms with E-state index in [1.54, 1.807) is 6.92 Å². The molecule has 1 aliphatic heterocycles. The minimum atomic E-state index is -1.18. The average molecular weight is 185 g/mol. The molecule has 0 radical (unpaired) electrons. The minimum Gasteiger partial charge on any atom is -0.511 e. The fourth-order valence-electron chi connectivity index (χ4n) is 1.03. The number of carboxylic acid groups (broad SMARTS) is 1. The van der Waals surface area contributed by atoms with Crippen LogP contribution in [0.2, 0.25) is 0 Å². The highest BCUT2D eigenvalue weighted by Gasteiger charge is 2.30. The van der Waals surface area contributed by atoms with Crippen LogP contribution >= 0.6 is 0 Å². The third kappa shape index (κ3) is 1.86.